The molecule has 0 N–H and O–H groups in total. The summed E-state index contributed by atoms with van der Waals surface area (Å²) in [5.74, 6) is -0.856. The number of fused-ring (bicyclic) bond motifs is 1. The number of nitro benzene ring substituents is 1. The maximum absolute atomic E-state index is 13.3. The Morgan fingerprint density at radius 1 is 1.47 bits per heavy atom. The molecule has 6 heteroatoms. The average Bonchev–Trinajstić information content (AvgIpc) is 2.17. The van der Waals surface area contributed by atoms with Crippen LogP contribution in [-0.2, 0) is 0 Å². The van der Waals surface area contributed by atoms with E-state index in [4.69, 9.17) is 0 Å². The lowest BCUT2D eigenvalue weighted by atomic mass is 10.1. The SMILES string of the molecule is O=[N+]([O-])c1c(F)cc(Br)c2cnccc12. The van der Waals surface area contributed by atoms with Crippen LogP contribution in [-0.4, -0.2) is 9.91 Å². The third-order valence-corrected chi connectivity index (χ3v) is 2.65. The number of pyridine rings is 1. The molecular weight excluding hydrogens is 267 g/mol. The van der Waals surface area contributed by atoms with Gasteiger partial charge in [0.2, 0.25) is 5.82 Å². The Morgan fingerprint density at radius 3 is 2.87 bits per heavy atom. The number of hydrogen-bond acceptors (Lipinski definition) is 3. The van der Waals surface area contributed by atoms with Gasteiger partial charge in [-0.15, -0.1) is 0 Å². The van der Waals surface area contributed by atoms with E-state index in [1.54, 1.807) is 0 Å². The number of benzene rings is 1. The summed E-state index contributed by atoms with van der Waals surface area (Å²) in [7, 11) is 0. The van der Waals surface area contributed by atoms with E-state index >= 15 is 0 Å². The molecule has 0 atom stereocenters. The lowest BCUT2D eigenvalue weighted by Crippen LogP contribution is -1.94. The summed E-state index contributed by atoms with van der Waals surface area (Å²) in [5, 5.41) is 11.4. The molecule has 0 bridgehead atoms. The van der Waals surface area contributed by atoms with E-state index < -0.39 is 16.4 Å². The molecule has 2 aromatic rings. The van der Waals surface area contributed by atoms with E-state index in [1.807, 2.05) is 0 Å². The van der Waals surface area contributed by atoms with Crippen molar-refractivity contribution in [3.05, 3.63) is 44.9 Å². The topological polar surface area (TPSA) is 56.0 Å². The normalized spacial score (nSPS) is 10.5. The van der Waals surface area contributed by atoms with Gasteiger partial charge in [0.25, 0.3) is 0 Å². The van der Waals surface area contributed by atoms with Crippen LogP contribution in [0.2, 0.25) is 0 Å². The van der Waals surface area contributed by atoms with Crippen LogP contribution in [0.15, 0.2) is 29.0 Å². The molecule has 1 heterocycles. The number of aromatic nitrogens is 1. The Bertz CT molecular complexity index is 559. The number of rotatable bonds is 1. The highest BCUT2D eigenvalue weighted by Crippen LogP contribution is 2.33. The van der Waals surface area contributed by atoms with Gasteiger partial charge in [-0.25, -0.2) is 0 Å². The molecule has 2 rings (SSSR count). The first-order valence-corrected chi connectivity index (χ1v) is 4.76. The van der Waals surface area contributed by atoms with Crippen molar-refractivity contribution in [2.75, 3.05) is 0 Å². The van der Waals surface area contributed by atoms with Crippen LogP contribution < -0.4 is 0 Å². The Hall–Kier alpha value is -1.56. The van der Waals surface area contributed by atoms with Crippen molar-refractivity contribution in [2.45, 2.75) is 0 Å². The predicted molar refractivity (Wildman–Crippen MR) is 56.1 cm³/mol. The van der Waals surface area contributed by atoms with Gasteiger partial charge in [0, 0.05) is 22.3 Å². The molecule has 0 spiro atoms. The monoisotopic (exact) mass is 270 g/mol. The minimum atomic E-state index is -0.856. The van der Waals surface area contributed by atoms with Crippen LogP contribution in [0, 0.1) is 15.9 Å². The molecule has 15 heavy (non-hydrogen) atoms. The molecule has 1 aromatic carbocycles. The van der Waals surface area contributed by atoms with Gasteiger partial charge < -0.3 is 0 Å². The van der Waals surface area contributed by atoms with Crippen molar-refractivity contribution < 1.29 is 9.31 Å². The van der Waals surface area contributed by atoms with Crippen LogP contribution in [0.5, 0.6) is 0 Å². The summed E-state index contributed by atoms with van der Waals surface area (Å²) in [6, 6.07) is 2.49. The second-order valence-corrected chi connectivity index (χ2v) is 3.72. The third-order valence-electron chi connectivity index (χ3n) is 2.00. The Kier molecular flexibility index (Phi) is 2.36. The molecule has 0 aliphatic rings. The third kappa shape index (κ3) is 1.56. The molecular formula is C9H4BrFN2O2. The van der Waals surface area contributed by atoms with E-state index in [-0.39, 0.29) is 5.39 Å². The van der Waals surface area contributed by atoms with Crippen LogP contribution >= 0.6 is 15.9 Å². The fourth-order valence-corrected chi connectivity index (χ4v) is 1.88. The largest absolute Gasteiger partial charge is 0.312 e. The molecule has 0 unspecified atom stereocenters. The van der Waals surface area contributed by atoms with Crippen LogP contribution in [0.25, 0.3) is 10.8 Å². The molecule has 0 amide bonds. The molecule has 0 saturated carbocycles. The zero-order valence-electron chi connectivity index (χ0n) is 7.28. The van der Waals surface area contributed by atoms with Gasteiger partial charge in [0.05, 0.1) is 10.3 Å². The van der Waals surface area contributed by atoms with Gasteiger partial charge in [-0.05, 0) is 28.1 Å². The van der Waals surface area contributed by atoms with Gasteiger partial charge >= 0.3 is 5.69 Å². The number of hydrogen-bond donors (Lipinski definition) is 0. The van der Waals surface area contributed by atoms with Gasteiger partial charge in [-0.2, -0.15) is 4.39 Å². The maximum atomic E-state index is 13.3. The van der Waals surface area contributed by atoms with Gasteiger partial charge in [0.15, 0.2) is 0 Å². The Labute approximate surface area is 92.0 Å². The molecule has 0 fully saturated rings. The number of nitro groups is 1. The standard InChI is InChI=1S/C9H4BrFN2O2/c10-7-3-8(11)9(13(14)15)5-1-2-12-4-6(5)7/h1-4H. The fourth-order valence-electron chi connectivity index (χ4n) is 1.36. The predicted octanol–water partition coefficient (Wildman–Crippen LogP) is 3.04. The van der Waals surface area contributed by atoms with Crippen molar-refractivity contribution in [1.82, 2.24) is 4.98 Å². The summed E-state index contributed by atoms with van der Waals surface area (Å²) in [6.07, 6.45) is 2.84. The maximum Gasteiger partial charge on any atom is 0.312 e. The van der Waals surface area contributed by atoms with Crippen LogP contribution in [0.1, 0.15) is 0 Å². The van der Waals surface area contributed by atoms with Gasteiger partial charge in [-0.3, -0.25) is 15.1 Å². The summed E-state index contributed by atoms with van der Waals surface area (Å²) >= 11 is 3.13. The van der Waals surface area contributed by atoms with Gasteiger partial charge in [0.1, 0.15) is 0 Å². The lowest BCUT2D eigenvalue weighted by Gasteiger charge is -2.02. The van der Waals surface area contributed by atoms with E-state index in [9.17, 15) is 14.5 Å². The van der Waals surface area contributed by atoms with Crippen molar-refractivity contribution in [2.24, 2.45) is 0 Å². The van der Waals surface area contributed by atoms with Crippen LogP contribution in [0.3, 0.4) is 0 Å². The lowest BCUT2D eigenvalue weighted by molar-refractivity contribution is -0.385. The highest BCUT2D eigenvalue weighted by atomic mass is 79.9. The first kappa shape index (κ1) is 9.97. The zero-order valence-corrected chi connectivity index (χ0v) is 8.86. The first-order chi connectivity index (χ1) is 7.11. The molecule has 0 saturated heterocycles. The van der Waals surface area contributed by atoms with Crippen molar-refractivity contribution in [3.8, 4) is 0 Å². The van der Waals surface area contributed by atoms with E-state index in [0.29, 0.717) is 9.86 Å². The van der Waals surface area contributed by atoms with Crippen molar-refractivity contribution in [3.63, 3.8) is 0 Å². The molecule has 0 aliphatic carbocycles. The quantitative estimate of drug-likeness (QED) is 0.591. The molecule has 0 aliphatic heterocycles. The first-order valence-electron chi connectivity index (χ1n) is 3.97. The molecule has 1 aromatic heterocycles. The van der Waals surface area contributed by atoms with E-state index in [2.05, 4.69) is 20.9 Å². The fraction of sp³-hybridized carbons (Fsp3) is 0. The van der Waals surface area contributed by atoms with E-state index in [0.717, 1.165) is 6.07 Å². The molecule has 0 radical (unpaired) electrons. The second kappa shape index (κ2) is 3.54. The summed E-state index contributed by atoms with van der Waals surface area (Å²) < 4.78 is 13.8. The van der Waals surface area contributed by atoms with Gasteiger partial charge in [-0.1, -0.05) is 0 Å². The number of halogens is 2. The van der Waals surface area contributed by atoms with Crippen molar-refractivity contribution in [1.29, 1.82) is 0 Å². The minimum absolute atomic E-state index is 0.238. The van der Waals surface area contributed by atoms with Crippen LogP contribution in [0.4, 0.5) is 10.1 Å². The highest BCUT2D eigenvalue weighted by molar-refractivity contribution is 9.10. The highest BCUT2D eigenvalue weighted by Gasteiger charge is 2.20. The Balaban J connectivity index is 2.96. The summed E-state index contributed by atoms with van der Waals surface area (Å²) in [5.41, 5.74) is -0.518. The molecule has 76 valence electrons. The van der Waals surface area contributed by atoms with E-state index in [1.165, 1.54) is 18.5 Å². The number of nitrogens with zero attached hydrogens (tertiary/aromatic N) is 2. The minimum Gasteiger partial charge on any atom is -0.264 e. The smallest absolute Gasteiger partial charge is 0.264 e. The second-order valence-electron chi connectivity index (χ2n) is 2.87. The summed E-state index contributed by atoms with van der Waals surface area (Å²) in [4.78, 5) is 13.8. The summed E-state index contributed by atoms with van der Waals surface area (Å²) in [6.45, 7) is 0. The molecule has 4 nitrogen and oxygen atoms in total. The zero-order chi connectivity index (χ0) is 11.0. The Morgan fingerprint density at radius 2 is 2.20 bits per heavy atom. The average molecular weight is 271 g/mol. The van der Waals surface area contributed by atoms with Crippen molar-refractivity contribution >= 4 is 32.4 Å².